The first-order chi connectivity index (χ1) is 5.27. The van der Waals surface area contributed by atoms with Crippen LogP contribution in [0.1, 0.15) is 6.92 Å². The van der Waals surface area contributed by atoms with Crippen molar-refractivity contribution in [1.82, 2.24) is 4.90 Å². The van der Waals surface area contributed by atoms with E-state index in [1.807, 2.05) is 0 Å². The molecule has 11 heavy (non-hydrogen) atoms. The van der Waals surface area contributed by atoms with Crippen molar-refractivity contribution in [3.05, 3.63) is 0 Å². The third kappa shape index (κ3) is 2.15. The third-order valence-electron chi connectivity index (χ3n) is 2.49. The Labute approximate surface area is 67.6 Å². The zero-order chi connectivity index (χ0) is 8.27. The molecule has 1 fully saturated rings. The molecule has 0 aliphatic carbocycles. The number of nitrogens with zero attached hydrogens (tertiary/aromatic N) is 1. The van der Waals surface area contributed by atoms with Gasteiger partial charge in [-0.05, 0) is 11.8 Å². The van der Waals surface area contributed by atoms with E-state index in [-0.39, 0.29) is 13.2 Å². The van der Waals surface area contributed by atoms with Crippen molar-refractivity contribution in [2.75, 3.05) is 32.8 Å². The van der Waals surface area contributed by atoms with Crippen LogP contribution in [0.2, 0.25) is 0 Å². The second-order valence-corrected chi connectivity index (χ2v) is 3.40. The normalized spacial score (nSPS) is 33.0. The summed E-state index contributed by atoms with van der Waals surface area (Å²) in [5.41, 5.74) is 0. The van der Waals surface area contributed by atoms with E-state index in [1.54, 1.807) is 0 Å². The van der Waals surface area contributed by atoms with Gasteiger partial charge in [0, 0.05) is 26.2 Å². The lowest BCUT2D eigenvalue weighted by Gasteiger charge is -2.12. The molecule has 0 radical (unpaired) electrons. The zero-order valence-electron chi connectivity index (χ0n) is 7.03. The first-order valence-corrected chi connectivity index (χ1v) is 4.22. The number of aliphatic hydroxyl groups excluding tert-OH is 2. The van der Waals surface area contributed by atoms with Gasteiger partial charge in [0.25, 0.3) is 0 Å². The van der Waals surface area contributed by atoms with Crippen molar-refractivity contribution in [2.24, 2.45) is 11.8 Å². The van der Waals surface area contributed by atoms with Crippen LogP contribution in [-0.4, -0.2) is 48.0 Å². The quantitative estimate of drug-likeness (QED) is 0.585. The van der Waals surface area contributed by atoms with Crippen molar-refractivity contribution < 1.29 is 10.2 Å². The highest BCUT2D eigenvalue weighted by Crippen LogP contribution is 2.21. The Balaban J connectivity index is 2.30. The van der Waals surface area contributed by atoms with Crippen LogP contribution in [0.5, 0.6) is 0 Å². The maximum Gasteiger partial charge on any atom is 0.0558 e. The van der Waals surface area contributed by atoms with Crippen LogP contribution in [0.3, 0.4) is 0 Å². The first kappa shape index (κ1) is 8.97. The van der Waals surface area contributed by atoms with Gasteiger partial charge in [0.2, 0.25) is 0 Å². The Morgan fingerprint density at radius 3 is 2.55 bits per heavy atom. The van der Waals surface area contributed by atoms with Crippen molar-refractivity contribution in [1.29, 1.82) is 0 Å². The summed E-state index contributed by atoms with van der Waals surface area (Å²) < 4.78 is 0. The van der Waals surface area contributed by atoms with E-state index in [1.165, 1.54) is 0 Å². The number of likely N-dealkylation sites (tertiary alicyclic amines) is 1. The van der Waals surface area contributed by atoms with Crippen LogP contribution in [0, 0.1) is 11.8 Å². The predicted octanol–water partition coefficient (Wildman–Crippen LogP) is -0.461. The van der Waals surface area contributed by atoms with Crippen LogP contribution >= 0.6 is 0 Å². The van der Waals surface area contributed by atoms with Crippen LogP contribution in [0.25, 0.3) is 0 Å². The molecule has 0 amide bonds. The van der Waals surface area contributed by atoms with Crippen molar-refractivity contribution >= 4 is 0 Å². The Morgan fingerprint density at radius 1 is 1.36 bits per heavy atom. The van der Waals surface area contributed by atoms with E-state index in [0.717, 1.165) is 19.6 Å². The van der Waals surface area contributed by atoms with Gasteiger partial charge in [-0.1, -0.05) is 6.92 Å². The average molecular weight is 159 g/mol. The van der Waals surface area contributed by atoms with Gasteiger partial charge in [-0.25, -0.2) is 0 Å². The zero-order valence-corrected chi connectivity index (χ0v) is 7.03. The predicted molar refractivity (Wildman–Crippen MR) is 43.3 cm³/mol. The molecule has 66 valence electrons. The van der Waals surface area contributed by atoms with Gasteiger partial charge >= 0.3 is 0 Å². The van der Waals surface area contributed by atoms with Crippen molar-refractivity contribution in [3.63, 3.8) is 0 Å². The van der Waals surface area contributed by atoms with Crippen LogP contribution in [0.4, 0.5) is 0 Å². The van der Waals surface area contributed by atoms with Gasteiger partial charge in [0.05, 0.1) is 6.61 Å². The standard InChI is InChI=1S/C8H17NO2/c1-7-4-9(2-3-10)5-8(7)6-11/h7-8,10-11H,2-6H2,1H3/t7-,8-/m1/s1. The topological polar surface area (TPSA) is 43.7 Å². The van der Waals surface area contributed by atoms with Gasteiger partial charge in [-0.3, -0.25) is 0 Å². The fourth-order valence-corrected chi connectivity index (χ4v) is 1.70. The fourth-order valence-electron chi connectivity index (χ4n) is 1.70. The molecule has 0 bridgehead atoms. The lowest BCUT2D eigenvalue weighted by atomic mass is 10.00. The minimum atomic E-state index is 0.227. The van der Waals surface area contributed by atoms with E-state index in [4.69, 9.17) is 10.2 Å². The summed E-state index contributed by atoms with van der Waals surface area (Å²) in [6.45, 7) is 5.37. The number of hydrogen-bond donors (Lipinski definition) is 2. The van der Waals surface area contributed by atoms with Gasteiger partial charge in [-0.2, -0.15) is 0 Å². The van der Waals surface area contributed by atoms with E-state index < -0.39 is 0 Å². The summed E-state index contributed by atoms with van der Waals surface area (Å²) >= 11 is 0. The highest BCUT2D eigenvalue weighted by atomic mass is 16.3. The van der Waals surface area contributed by atoms with Crippen LogP contribution in [0.15, 0.2) is 0 Å². The van der Waals surface area contributed by atoms with Crippen molar-refractivity contribution in [2.45, 2.75) is 6.92 Å². The summed E-state index contributed by atoms with van der Waals surface area (Å²) in [6.07, 6.45) is 0. The second-order valence-electron chi connectivity index (χ2n) is 3.40. The maximum atomic E-state index is 8.93. The van der Waals surface area contributed by atoms with Gasteiger partial charge in [-0.15, -0.1) is 0 Å². The van der Waals surface area contributed by atoms with Crippen LogP contribution < -0.4 is 0 Å². The lowest BCUT2D eigenvalue weighted by Crippen LogP contribution is -2.24. The molecule has 1 heterocycles. The Bertz CT molecular complexity index is 119. The Morgan fingerprint density at radius 2 is 2.09 bits per heavy atom. The minimum Gasteiger partial charge on any atom is -0.396 e. The summed E-state index contributed by atoms with van der Waals surface area (Å²) in [5, 5.41) is 17.6. The molecule has 1 rings (SSSR count). The molecule has 1 aliphatic heterocycles. The van der Waals surface area contributed by atoms with E-state index >= 15 is 0 Å². The molecule has 1 saturated heterocycles. The molecule has 0 saturated carbocycles. The summed E-state index contributed by atoms with van der Waals surface area (Å²) in [5.74, 6) is 0.994. The maximum absolute atomic E-state index is 8.93. The molecule has 0 aromatic rings. The number of β-amino-alcohol motifs (C(OH)–C–C–N with tert-alkyl or cyclic N) is 1. The molecular formula is C8H17NO2. The molecule has 0 unspecified atom stereocenters. The molecular weight excluding hydrogens is 142 g/mol. The molecule has 3 heteroatoms. The summed E-state index contributed by atoms with van der Waals surface area (Å²) in [6, 6.07) is 0. The second kappa shape index (κ2) is 4.04. The highest BCUT2D eigenvalue weighted by molar-refractivity contribution is 4.80. The van der Waals surface area contributed by atoms with Gasteiger partial charge in [0.1, 0.15) is 0 Å². The minimum absolute atomic E-state index is 0.227. The first-order valence-electron chi connectivity index (χ1n) is 4.22. The molecule has 0 aromatic heterocycles. The van der Waals surface area contributed by atoms with Crippen molar-refractivity contribution in [3.8, 4) is 0 Å². The number of hydrogen-bond acceptors (Lipinski definition) is 3. The highest BCUT2D eigenvalue weighted by Gasteiger charge is 2.27. The summed E-state index contributed by atoms with van der Waals surface area (Å²) in [7, 11) is 0. The van der Waals surface area contributed by atoms with E-state index in [0.29, 0.717) is 11.8 Å². The molecule has 0 spiro atoms. The molecule has 0 aromatic carbocycles. The lowest BCUT2D eigenvalue weighted by molar-refractivity contribution is 0.193. The van der Waals surface area contributed by atoms with E-state index in [2.05, 4.69) is 11.8 Å². The molecule has 2 N–H and O–H groups in total. The van der Waals surface area contributed by atoms with Crippen LogP contribution in [-0.2, 0) is 0 Å². The third-order valence-corrected chi connectivity index (χ3v) is 2.49. The molecule has 1 aliphatic rings. The van der Waals surface area contributed by atoms with Gasteiger partial charge < -0.3 is 15.1 Å². The fraction of sp³-hybridized carbons (Fsp3) is 1.00. The SMILES string of the molecule is C[C@@H]1CN(CCO)C[C@@H]1CO. The molecule has 2 atom stereocenters. The Hall–Kier alpha value is -0.120. The largest absolute Gasteiger partial charge is 0.396 e. The van der Waals surface area contributed by atoms with Gasteiger partial charge in [0.15, 0.2) is 0 Å². The smallest absolute Gasteiger partial charge is 0.0558 e. The summed E-state index contributed by atoms with van der Waals surface area (Å²) in [4.78, 5) is 2.20. The number of rotatable bonds is 3. The number of aliphatic hydroxyl groups is 2. The molecule has 3 nitrogen and oxygen atoms in total. The Kier molecular flexibility index (Phi) is 3.30. The monoisotopic (exact) mass is 159 g/mol. The average Bonchev–Trinajstić information content (AvgIpc) is 2.32. The van der Waals surface area contributed by atoms with E-state index in [9.17, 15) is 0 Å².